The standard InChI is InChI=1S/C12H15BrN2O.2ClH/c1-3-4-5-11(16)15-10-7-9(13)6-8(2)12(10)14;;/h3,6-7H,1,4-5,14H2,2H3,(H,15,16);2*1H. The first kappa shape index (κ1) is 19.6. The Morgan fingerprint density at radius 2 is 2.11 bits per heavy atom. The van der Waals surface area contributed by atoms with Gasteiger partial charge < -0.3 is 11.1 Å². The van der Waals surface area contributed by atoms with Crippen molar-refractivity contribution in [3.05, 3.63) is 34.8 Å². The maximum atomic E-state index is 11.5. The Morgan fingerprint density at radius 1 is 1.50 bits per heavy atom. The highest BCUT2D eigenvalue weighted by Gasteiger charge is 2.07. The normalized spacial score (nSPS) is 8.78. The molecule has 0 saturated carbocycles. The van der Waals surface area contributed by atoms with Gasteiger partial charge in [0.1, 0.15) is 0 Å². The summed E-state index contributed by atoms with van der Waals surface area (Å²) in [6, 6.07) is 3.71. The molecule has 1 aromatic rings. The molecule has 0 aliphatic carbocycles. The molecule has 102 valence electrons. The molecular weight excluding hydrogens is 339 g/mol. The highest BCUT2D eigenvalue weighted by atomic mass is 79.9. The van der Waals surface area contributed by atoms with Crippen molar-refractivity contribution in [1.29, 1.82) is 0 Å². The summed E-state index contributed by atoms with van der Waals surface area (Å²) in [7, 11) is 0. The molecule has 0 aliphatic heterocycles. The summed E-state index contributed by atoms with van der Waals surface area (Å²) in [5.41, 5.74) is 8.07. The van der Waals surface area contributed by atoms with Gasteiger partial charge in [0, 0.05) is 10.9 Å². The molecule has 0 atom stereocenters. The number of rotatable bonds is 4. The number of aryl methyl sites for hydroxylation is 1. The molecule has 0 fully saturated rings. The second-order valence-electron chi connectivity index (χ2n) is 3.56. The highest BCUT2D eigenvalue weighted by Crippen LogP contribution is 2.27. The first-order valence-corrected chi connectivity index (χ1v) is 5.80. The van der Waals surface area contributed by atoms with E-state index < -0.39 is 0 Å². The SMILES string of the molecule is C=CCCC(=O)Nc1cc(Br)cc(C)c1N.Cl.Cl. The van der Waals surface area contributed by atoms with E-state index >= 15 is 0 Å². The Hall–Kier alpha value is -0.710. The molecule has 1 rings (SSSR count). The molecule has 0 bridgehead atoms. The zero-order valence-electron chi connectivity index (χ0n) is 10.0. The molecule has 0 saturated heterocycles. The maximum Gasteiger partial charge on any atom is 0.224 e. The van der Waals surface area contributed by atoms with Crippen molar-refractivity contribution in [3.8, 4) is 0 Å². The van der Waals surface area contributed by atoms with E-state index in [4.69, 9.17) is 5.73 Å². The van der Waals surface area contributed by atoms with Crippen LogP contribution in [-0.4, -0.2) is 5.91 Å². The summed E-state index contributed by atoms with van der Waals surface area (Å²) >= 11 is 3.37. The van der Waals surface area contributed by atoms with Gasteiger partial charge in [0.05, 0.1) is 11.4 Å². The average molecular weight is 356 g/mol. The third-order valence-corrected chi connectivity index (χ3v) is 2.66. The number of nitrogens with two attached hydrogens (primary N) is 1. The molecule has 0 unspecified atom stereocenters. The van der Waals surface area contributed by atoms with Crippen LogP contribution in [0.1, 0.15) is 18.4 Å². The number of amides is 1. The molecule has 0 radical (unpaired) electrons. The summed E-state index contributed by atoms with van der Waals surface area (Å²) < 4.78 is 0.901. The van der Waals surface area contributed by atoms with Crippen molar-refractivity contribution in [2.24, 2.45) is 0 Å². The Labute approximate surface area is 128 Å². The van der Waals surface area contributed by atoms with Crippen molar-refractivity contribution in [3.63, 3.8) is 0 Å². The Kier molecular flexibility index (Phi) is 10.1. The van der Waals surface area contributed by atoms with Crippen LogP contribution in [0, 0.1) is 6.92 Å². The summed E-state index contributed by atoms with van der Waals surface area (Å²) in [6.45, 7) is 5.48. The molecule has 0 spiro atoms. The van der Waals surface area contributed by atoms with Crippen LogP contribution in [-0.2, 0) is 4.79 Å². The van der Waals surface area contributed by atoms with E-state index in [0.29, 0.717) is 24.2 Å². The Balaban J connectivity index is 0. The summed E-state index contributed by atoms with van der Waals surface area (Å²) in [5.74, 6) is -0.0518. The van der Waals surface area contributed by atoms with Crippen LogP contribution in [0.25, 0.3) is 0 Å². The van der Waals surface area contributed by atoms with Gasteiger partial charge in [-0.2, -0.15) is 0 Å². The topological polar surface area (TPSA) is 55.1 Å². The van der Waals surface area contributed by atoms with Crippen molar-refractivity contribution < 1.29 is 4.79 Å². The number of benzene rings is 1. The molecule has 3 N–H and O–H groups in total. The number of carbonyl (C=O) groups excluding carboxylic acids is 1. The lowest BCUT2D eigenvalue weighted by atomic mass is 10.1. The number of nitrogens with one attached hydrogen (secondary N) is 1. The van der Waals surface area contributed by atoms with E-state index in [9.17, 15) is 4.79 Å². The lowest BCUT2D eigenvalue weighted by Gasteiger charge is -2.10. The monoisotopic (exact) mass is 354 g/mol. The van der Waals surface area contributed by atoms with E-state index in [-0.39, 0.29) is 30.7 Å². The molecule has 1 aromatic carbocycles. The first-order valence-electron chi connectivity index (χ1n) is 5.01. The van der Waals surface area contributed by atoms with E-state index in [2.05, 4.69) is 27.8 Å². The van der Waals surface area contributed by atoms with Gasteiger partial charge in [-0.25, -0.2) is 0 Å². The minimum absolute atomic E-state index is 0. The van der Waals surface area contributed by atoms with Gasteiger partial charge in [-0.1, -0.05) is 22.0 Å². The predicted octanol–water partition coefficient (Wildman–Crippen LogP) is 4.09. The van der Waals surface area contributed by atoms with Gasteiger partial charge >= 0.3 is 0 Å². The minimum atomic E-state index is -0.0518. The zero-order chi connectivity index (χ0) is 12.1. The number of allylic oxidation sites excluding steroid dienone is 1. The van der Waals surface area contributed by atoms with Crippen LogP contribution in [0.2, 0.25) is 0 Å². The van der Waals surface area contributed by atoms with Crippen molar-refractivity contribution in [2.45, 2.75) is 19.8 Å². The van der Waals surface area contributed by atoms with Gasteiger partial charge in [-0.15, -0.1) is 31.4 Å². The van der Waals surface area contributed by atoms with Gasteiger partial charge in [0.2, 0.25) is 5.91 Å². The van der Waals surface area contributed by atoms with Crippen molar-refractivity contribution >= 4 is 58.0 Å². The number of halogens is 3. The Bertz CT molecular complexity index is 425. The minimum Gasteiger partial charge on any atom is -0.397 e. The van der Waals surface area contributed by atoms with Crippen LogP contribution >= 0.6 is 40.7 Å². The number of hydrogen-bond acceptors (Lipinski definition) is 2. The molecule has 6 heteroatoms. The fourth-order valence-corrected chi connectivity index (χ4v) is 1.88. The number of hydrogen-bond donors (Lipinski definition) is 2. The third kappa shape index (κ3) is 5.76. The van der Waals surface area contributed by atoms with E-state index in [1.807, 2.05) is 13.0 Å². The molecule has 0 aliphatic rings. The molecular formula is C12H17BrCl2N2O. The quantitative estimate of drug-likeness (QED) is 0.631. The smallest absolute Gasteiger partial charge is 0.224 e. The molecule has 0 heterocycles. The van der Waals surface area contributed by atoms with E-state index in [1.165, 1.54) is 0 Å². The van der Waals surface area contributed by atoms with Crippen LogP contribution in [0.3, 0.4) is 0 Å². The van der Waals surface area contributed by atoms with Gasteiger partial charge in [-0.05, 0) is 31.0 Å². The second kappa shape index (κ2) is 9.25. The molecule has 3 nitrogen and oxygen atoms in total. The first-order chi connectivity index (χ1) is 7.54. The fourth-order valence-electron chi connectivity index (χ4n) is 1.30. The molecule has 1 amide bonds. The summed E-state index contributed by atoms with van der Waals surface area (Å²) in [6.07, 6.45) is 2.81. The lowest BCUT2D eigenvalue weighted by molar-refractivity contribution is -0.116. The third-order valence-electron chi connectivity index (χ3n) is 2.20. The second-order valence-corrected chi connectivity index (χ2v) is 4.48. The van der Waals surface area contributed by atoms with Crippen LogP contribution in [0.4, 0.5) is 11.4 Å². The highest BCUT2D eigenvalue weighted by molar-refractivity contribution is 9.10. The largest absolute Gasteiger partial charge is 0.397 e. The van der Waals surface area contributed by atoms with E-state index in [0.717, 1.165) is 10.0 Å². The fraction of sp³-hybridized carbons (Fsp3) is 0.250. The van der Waals surface area contributed by atoms with Crippen molar-refractivity contribution in [1.82, 2.24) is 0 Å². The zero-order valence-corrected chi connectivity index (χ0v) is 13.3. The average Bonchev–Trinajstić information content (AvgIpc) is 2.22. The number of nitrogen functional groups attached to an aromatic ring is 1. The summed E-state index contributed by atoms with van der Waals surface area (Å²) in [4.78, 5) is 11.5. The van der Waals surface area contributed by atoms with E-state index in [1.54, 1.807) is 12.1 Å². The maximum absolute atomic E-state index is 11.5. The molecule has 18 heavy (non-hydrogen) atoms. The van der Waals surface area contributed by atoms with Crippen molar-refractivity contribution in [2.75, 3.05) is 11.1 Å². The summed E-state index contributed by atoms with van der Waals surface area (Å²) in [5, 5.41) is 2.78. The van der Waals surface area contributed by atoms with Gasteiger partial charge in [0.25, 0.3) is 0 Å². The van der Waals surface area contributed by atoms with Crippen LogP contribution < -0.4 is 11.1 Å². The lowest BCUT2D eigenvalue weighted by Crippen LogP contribution is -2.12. The van der Waals surface area contributed by atoms with Gasteiger partial charge in [0.15, 0.2) is 0 Å². The number of anilines is 2. The number of carbonyl (C=O) groups is 1. The van der Waals surface area contributed by atoms with Crippen LogP contribution in [0.5, 0.6) is 0 Å². The predicted molar refractivity (Wildman–Crippen MR) is 85.8 cm³/mol. The molecule has 0 aromatic heterocycles. The van der Waals surface area contributed by atoms with Gasteiger partial charge in [-0.3, -0.25) is 4.79 Å². The Morgan fingerprint density at radius 3 is 2.67 bits per heavy atom. The van der Waals surface area contributed by atoms with Crippen LogP contribution in [0.15, 0.2) is 29.3 Å².